The van der Waals surface area contributed by atoms with Crippen LogP contribution in [-0.2, 0) is 0 Å². The Bertz CT molecular complexity index is 644. The summed E-state index contributed by atoms with van der Waals surface area (Å²) in [7, 11) is 1.96. The van der Waals surface area contributed by atoms with Crippen LogP contribution in [0.25, 0.3) is 0 Å². The largest absolute Gasteiger partial charge is 0.493 e. The zero-order chi connectivity index (χ0) is 14.8. The van der Waals surface area contributed by atoms with E-state index in [0.717, 1.165) is 24.3 Å². The molecule has 0 spiro atoms. The van der Waals surface area contributed by atoms with E-state index in [1.165, 1.54) is 5.56 Å². The minimum Gasteiger partial charge on any atom is -0.493 e. The molecule has 3 rings (SSSR count). The van der Waals surface area contributed by atoms with Crippen LogP contribution in [0, 0.1) is 0 Å². The highest BCUT2D eigenvalue weighted by Gasteiger charge is 2.30. The molecule has 2 aromatic rings. The molecular weight excluding hydrogens is 305 g/mol. The summed E-state index contributed by atoms with van der Waals surface area (Å²) in [6.07, 6.45) is 0.950. The number of likely N-dealkylation sites (N-methyl/N-ethyl adjacent to an activating group) is 1. The molecule has 0 bridgehead atoms. The van der Waals surface area contributed by atoms with Crippen molar-refractivity contribution in [2.75, 3.05) is 13.7 Å². The van der Waals surface area contributed by atoms with Crippen LogP contribution in [0.15, 0.2) is 42.5 Å². The highest BCUT2D eigenvalue weighted by molar-refractivity contribution is 6.42. The molecule has 1 heterocycles. The van der Waals surface area contributed by atoms with E-state index >= 15 is 0 Å². The Morgan fingerprint density at radius 3 is 2.76 bits per heavy atom. The molecule has 1 aliphatic rings. The lowest BCUT2D eigenvalue weighted by Crippen LogP contribution is -2.28. The van der Waals surface area contributed by atoms with E-state index in [9.17, 15) is 0 Å². The molecule has 2 nitrogen and oxygen atoms in total. The van der Waals surface area contributed by atoms with Gasteiger partial charge in [-0.3, -0.25) is 0 Å². The zero-order valence-corrected chi connectivity index (χ0v) is 13.3. The van der Waals surface area contributed by atoms with Crippen LogP contribution >= 0.6 is 23.2 Å². The van der Waals surface area contributed by atoms with Gasteiger partial charge in [-0.05, 0) is 36.7 Å². The Morgan fingerprint density at radius 2 is 1.95 bits per heavy atom. The first-order valence-corrected chi connectivity index (χ1v) is 7.81. The van der Waals surface area contributed by atoms with Crippen molar-refractivity contribution in [1.29, 1.82) is 0 Å². The van der Waals surface area contributed by atoms with Crippen molar-refractivity contribution in [3.8, 4) is 5.75 Å². The van der Waals surface area contributed by atoms with Gasteiger partial charge >= 0.3 is 0 Å². The second kappa shape index (κ2) is 6.27. The molecule has 0 fully saturated rings. The second-order valence-corrected chi connectivity index (χ2v) is 5.98. The fourth-order valence-electron chi connectivity index (χ4n) is 3.05. The minimum atomic E-state index is 0.112. The first kappa shape index (κ1) is 14.7. The molecule has 0 amide bonds. The quantitative estimate of drug-likeness (QED) is 0.875. The average Bonchev–Trinajstić information content (AvgIpc) is 2.52. The lowest BCUT2D eigenvalue weighted by atomic mass is 9.83. The van der Waals surface area contributed by atoms with Gasteiger partial charge in [0.15, 0.2) is 0 Å². The number of hydrogen-bond donors (Lipinski definition) is 1. The van der Waals surface area contributed by atoms with Gasteiger partial charge in [0, 0.05) is 12.0 Å². The van der Waals surface area contributed by atoms with Crippen molar-refractivity contribution in [3.63, 3.8) is 0 Å². The molecule has 110 valence electrons. The van der Waals surface area contributed by atoms with E-state index in [2.05, 4.69) is 11.4 Å². The van der Waals surface area contributed by atoms with Gasteiger partial charge in [-0.1, -0.05) is 53.5 Å². The van der Waals surface area contributed by atoms with E-state index in [-0.39, 0.29) is 6.04 Å². The van der Waals surface area contributed by atoms with Crippen molar-refractivity contribution in [2.24, 2.45) is 0 Å². The summed E-state index contributed by atoms with van der Waals surface area (Å²) in [5, 5.41) is 4.62. The SMILES string of the molecule is CNC(c1cccc(Cl)c1Cl)C1CCOc2ccccc21. The second-order valence-electron chi connectivity index (χ2n) is 5.19. The lowest BCUT2D eigenvalue weighted by Gasteiger charge is -2.33. The smallest absolute Gasteiger partial charge is 0.122 e. The molecule has 1 N–H and O–H groups in total. The fraction of sp³-hybridized carbons (Fsp3) is 0.294. The number of para-hydroxylation sites is 1. The monoisotopic (exact) mass is 321 g/mol. The molecular formula is C17H17Cl2NO. The summed E-state index contributed by atoms with van der Waals surface area (Å²) in [5.74, 6) is 1.28. The van der Waals surface area contributed by atoms with Gasteiger partial charge in [0.25, 0.3) is 0 Å². The minimum absolute atomic E-state index is 0.112. The summed E-state index contributed by atoms with van der Waals surface area (Å²) in [5.41, 5.74) is 2.26. The fourth-order valence-corrected chi connectivity index (χ4v) is 3.48. The molecule has 21 heavy (non-hydrogen) atoms. The molecule has 0 saturated carbocycles. The summed E-state index contributed by atoms with van der Waals surface area (Å²) in [6, 6.07) is 14.1. The van der Waals surface area contributed by atoms with Gasteiger partial charge in [0.1, 0.15) is 5.75 Å². The number of halogens is 2. The number of fused-ring (bicyclic) bond motifs is 1. The van der Waals surface area contributed by atoms with Crippen molar-refractivity contribution in [2.45, 2.75) is 18.4 Å². The predicted octanol–water partition coefficient (Wildman–Crippen LogP) is 4.82. The van der Waals surface area contributed by atoms with Gasteiger partial charge in [-0.25, -0.2) is 0 Å². The van der Waals surface area contributed by atoms with E-state index in [0.29, 0.717) is 16.0 Å². The van der Waals surface area contributed by atoms with Crippen LogP contribution in [-0.4, -0.2) is 13.7 Å². The third-order valence-electron chi connectivity index (χ3n) is 4.03. The number of hydrogen-bond acceptors (Lipinski definition) is 2. The Labute approximate surface area is 135 Å². The van der Waals surface area contributed by atoms with Gasteiger partial charge in [-0.2, -0.15) is 0 Å². The van der Waals surface area contributed by atoms with Crippen LogP contribution in [0.3, 0.4) is 0 Å². The van der Waals surface area contributed by atoms with E-state index in [1.807, 2.05) is 43.4 Å². The van der Waals surface area contributed by atoms with Gasteiger partial charge in [0.05, 0.1) is 16.7 Å². The summed E-state index contributed by atoms with van der Waals surface area (Å²) < 4.78 is 5.75. The molecule has 4 heteroatoms. The standard InChI is InChI=1S/C17H17Cl2NO/c1-20-17(13-6-4-7-14(18)16(13)19)12-9-10-21-15-8-3-2-5-11(12)15/h2-8,12,17,20H,9-10H2,1H3. The van der Waals surface area contributed by atoms with Crippen molar-refractivity contribution < 1.29 is 4.74 Å². The molecule has 0 radical (unpaired) electrons. The van der Waals surface area contributed by atoms with Crippen LogP contribution in [0.1, 0.15) is 29.5 Å². The van der Waals surface area contributed by atoms with Gasteiger partial charge in [0.2, 0.25) is 0 Å². The van der Waals surface area contributed by atoms with Gasteiger partial charge in [-0.15, -0.1) is 0 Å². The highest BCUT2D eigenvalue weighted by Crippen LogP contribution is 2.43. The summed E-state index contributed by atoms with van der Waals surface area (Å²) in [6.45, 7) is 0.720. The molecule has 1 aliphatic heterocycles. The Balaban J connectivity index is 2.04. The van der Waals surface area contributed by atoms with Crippen LogP contribution in [0.5, 0.6) is 5.75 Å². The van der Waals surface area contributed by atoms with E-state index in [1.54, 1.807) is 0 Å². The molecule has 2 atom stereocenters. The normalized spacial score (nSPS) is 18.7. The Kier molecular flexibility index (Phi) is 4.39. The van der Waals surface area contributed by atoms with Crippen LogP contribution < -0.4 is 10.1 Å². The molecule has 2 aromatic carbocycles. The molecule has 0 saturated heterocycles. The number of ether oxygens (including phenoxy) is 1. The average molecular weight is 322 g/mol. The van der Waals surface area contributed by atoms with Crippen LogP contribution in [0.4, 0.5) is 0 Å². The van der Waals surface area contributed by atoms with E-state index in [4.69, 9.17) is 27.9 Å². The van der Waals surface area contributed by atoms with Crippen LogP contribution in [0.2, 0.25) is 10.0 Å². The summed E-state index contributed by atoms with van der Waals surface area (Å²) >= 11 is 12.6. The van der Waals surface area contributed by atoms with Crippen molar-refractivity contribution >= 4 is 23.2 Å². The zero-order valence-electron chi connectivity index (χ0n) is 11.8. The topological polar surface area (TPSA) is 21.3 Å². The van der Waals surface area contributed by atoms with Gasteiger partial charge < -0.3 is 10.1 Å². The third kappa shape index (κ3) is 2.76. The Hall–Kier alpha value is -1.22. The Morgan fingerprint density at radius 1 is 1.14 bits per heavy atom. The summed E-state index contributed by atoms with van der Waals surface area (Å²) in [4.78, 5) is 0. The maximum Gasteiger partial charge on any atom is 0.122 e. The lowest BCUT2D eigenvalue weighted by molar-refractivity contribution is 0.248. The number of benzene rings is 2. The third-order valence-corrected chi connectivity index (χ3v) is 4.87. The molecule has 0 aliphatic carbocycles. The number of rotatable bonds is 3. The molecule has 0 aromatic heterocycles. The van der Waals surface area contributed by atoms with Crippen molar-refractivity contribution in [1.82, 2.24) is 5.32 Å². The first-order chi connectivity index (χ1) is 10.2. The molecule has 2 unspecified atom stereocenters. The highest BCUT2D eigenvalue weighted by atomic mass is 35.5. The maximum absolute atomic E-state index is 6.41. The van der Waals surface area contributed by atoms with E-state index < -0.39 is 0 Å². The van der Waals surface area contributed by atoms with Crippen molar-refractivity contribution in [3.05, 3.63) is 63.6 Å². The maximum atomic E-state index is 6.41. The predicted molar refractivity (Wildman–Crippen MR) is 87.6 cm³/mol. The number of nitrogens with one attached hydrogen (secondary N) is 1. The first-order valence-electron chi connectivity index (χ1n) is 7.05.